The van der Waals surface area contributed by atoms with Gasteiger partial charge in [0.1, 0.15) is 17.2 Å². The molecule has 0 radical (unpaired) electrons. The van der Waals surface area contributed by atoms with Gasteiger partial charge in [-0.1, -0.05) is 37.1 Å². The van der Waals surface area contributed by atoms with E-state index in [9.17, 15) is 9.18 Å². The van der Waals surface area contributed by atoms with Crippen LogP contribution in [0, 0.1) is 5.82 Å². The number of aliphatic imine (C=N–C) groups is 1. The van der Waals surface area contributed by atoms with E-state index in [1.54, 1.807) is 23.1 Å². The number of hydrogen-bond acceptors (Lipinski definition) is 3. The van der Waals surface area contributed by atoms with Crippen LogP contribution in [-0.2, 0) is 0 Å². The van der Waals surface area contributed by atoms with E-state index in [4.69, 9.17) is 4.99 Å². The van der Waals surface area contributed by atoms with Crippen LogP contribution in [0.5, 0.6) is 0 Å². The van der Waals surface area contributed by atoms with Gasteiger partial charge in [-0.25, -0.2) is 4.39 Å². The zero-order valence-electron chi connectivity index (χ0n) is 17.0. The van der Waals surface area contributed by atoms with Gasteiger partial charge in [0.2, 0.25) is 0 Å². The molecule has 5 nitrogen and oxygen atoms in total. The molecule has 30 heavy (non-hydrogen) atoms. The highest BCUT2D eigenvalue weighted by atomic mass is 19.1. The molecule has 1 amide bonds. The lowest BCUT2D eigenvalue weighted by atomic mass is 9.84. The molecule has 1 atom stereocenters. The molecule has 5 rings (SSSR count). The summed E-state index contributed by atoms with van der Waals surface area (Å²) < 4.78 is 14.3. The molecule has 6 heteroatoms. The average Bonchev–Trinajstić information content (AvgIpc) is 3.28. The SMILES string of the molecule is O=C(c1ccccc1F)N1CCC[C@]2(C1)Nc1ccccc1NC2=NC1CCCC1. The molecule has 2 fully saturated rings. The number of hydrogen-bond donors (Lipinski definition) is 2. The molecule has 1 saturated carbocycles. The van der Waals surface area contributed by atoms with Crippen molar-refractivity contribution in [1.82, 2.24) is 4.90 Å². The molecule has 0 bridgehead atoms. The van der Waals surface area contributed by atoms with Crippen molar-refractivity contribution in [1.29, 1.82) is 0 Å². The fraction of sp³-hybridized carbons (Fsp3) is 0.417. The molecule has 3 aliphatic rings. The van der Waals surface area contributed by atoms with Crippen LogP contribution in [0.3, 0.4) is 0 Å². The second kappa shape index (κ2) is 7.74. The van der Waals surface area contributed by atoms with Gasteiger partial charge in [0.05, 0.1) is 29.5 Å². The van der Waals surface area contributed by atoms with Crippen LogP contribution >= 0.6 is 0 Å². The molecule has 2 aliphatic heterocycles. The van der Waals surface area contributed by atoms with Gasteiger partial charge in [0, 0.05) is 6.54 Å². The third-order valence-corrected chi connectivity index (χ3v) is 6.53. The summed E-state index contributed by atoms with van der Waals surface area (Å²) in [5, 5.41) is 7.28. The lowest BCUT2D eigenvalue weighted by Crippen LogP contribution is -2.62. The van der Waals surface area contributed by atoms with E-state index >= 15 is 0 Å². The minimum atomic E-state index is -0.476. The van der Waals surface area contributed by atoms with Crippen molar-refractivity contribution in [2.24, 2.45) is 4.99 Å². The molecular formula is C24H27FN4O. The highest BCUT2D eigenvalue weighted by molar-refractivity contribution is 6.10. The number of carbonyl (C=O) groups is 1. The number of anilines is 2. The molecule has 0 aromatic heterocycles. The smallest absolute Gasteiger partial charge is 0.256 e. The van der Waals surface area contributed by atoms with Crippen LogP contribution in [-0.4, -0.2) is 41.3 Å². The summed E-state index contributed by atoms with van der Waals surface area (Å²) in [5.74, 6) is 0.189. The van der Waals surface area contributed by atoms with Crippen LogP contribution in [0.15, 0.2) is 53.5 Å². The maximum Gasteiger partial charge on any atom is 0.256 e. The van der Waals surface area contributed by atoms with Gasteiger partial charge in [0.15, 0.2) is 0 Å². The summed E-state index contributed by atoms with van der Waals surface area (Å²) in [6.45, 7) is 1.09. The highest BCUT2D eigenvalue weighted by Crippen LogP contribution is 2.37. The Balaban J connectivity index is 1.49. The molecule has 2 heterocycles. The number of nitrogens with one attached hydrogen (secondary N) is 2. The highest BCUT2D eigenvalue weighted by Gasteiger charge is 2.45. The second-order valence-corrected chi connectivity index (χ2v) is 8.60. The quantitative estimate of drug-likeness (QED) is 0.761. The zero-order chi connectivity index (χ0) is 20.6. The van der Waals surface area contributed by atoms with Crippen LogP contribution in [0.2, 0.25) is 0 Å². The number of halogens is 1. The summed E-state index contributed by atoms with van der Waals surface area (Å²) in [5.41, 5.74) is 1.68. The average molecular weight is 407 g/mol. The van der Waals surface area contributed by atoms with Crippen LogP contribution in [0.25, 0.3) is 0 Å². The van der Waals surface area contributed by atoms with Crippen molar-refractivity contribution < 1.29 is 9.18 Å². The Labute approximate surface area is 176 Å². The monoisotopic (exact) mass is 406 g/mol. The Kier molecular flexibility index (Phi) is 4.93. The van der Waals surface area contributed by atoms with Gasteiger partial charge >= 0.3 is 0 Å². The molecule has 156 valence electrons. The molecule has 1 aliphatic carbocycles. The van der Waals surface area contributed by atoms with Gasteiger partial charge in [-0.15, -0.1) is 0 Å². The second-order valence-electron chi connectivity index (χ2n) is 8.60. The molecule has 2 aromatic carbocycles. The van der Waals surface area contributed by atoms with Crippen molar-refractivity contribution in [3.05, 3.63) is 59.9 Å². The minimum Gasteiger partial charge on any atom is -0.370 e. The largest absolute Gasteiger partial charge is 0.370 e. The number of carbonyl (C=O) groups excluding carboxylic acids is 1. The topological polar surface area (TPSA) is 56.7 Å². The predicted molar refractivity (Wildman–Crippen MR) is 118 cm³/mol. The van der Waals surface area contributed by atoms with E-state index in [0.29, 0.717) is 19.1 Å². The Bertz CT molecular complexity index is 985. The number of fused-ring (bicyclic) bond motifs is 1. The lowest BCUT2D eigenvalue weighted by molar-refractivity contribution is 0.0689. The van der Waals surface area contributed by atoms with E-state index < -0.39 is 11.4 Å². The molecule has 2 N–H and O–H groups in total. The fourth-order valence-corrected chi connectivity index (χ4v) is 4.97. The molecule has 2 aromatic rings. The standard InChI is InChI=1S/C24H27FN4O/c25-19-11-4-3-10-18(19)22(30)29-15-7-14-24(16-29)23(26-17-8-1-2-9-17)27-20-12-5-6-13-21(20)28-24/h3-6,10-13,17,28H,1-2,7-9,14-16H2,(H,26,27)/t24-/m1/s1. The van der Waals surface area contributed by atoms with E-state index in [1.807, 2.05) is 24.3 Å². The third kappa shape index (κ3) is 3.44. The Hall–Kier alpha value is -2.89. The first kappa shape index (κ1) is 19.1. The van der Waals surface area contributed by atoms with E-state index in [-0.39, 0.29) is 11.5 Å². The number of rotatable bonds is 2. The number of piperidine rings is 1. The van der Waals surface area contributed by atoms with Gasteiger partial charge in [0.25, 0.3) is 5.91 Å². The zero-order valence-corrected chi connectivity index (χ0v) is 17.0. The van der Waals surface area contributed by atoms with Gasteiger partial charge in [-0.3, -0.25) is 9.79 Å². The first-order chi connectivity index (χ1) is 14.6. The van der Waals surface area contributed by atoms with Crippen molar-refractivity contribution >= 4 is 23.1 Å². The maximum atomic E-state index is 14.3. The number of nitrogens with zero attached hydrogens (tertiary/aromatic N) is 2. The summed E-state index contributed by atoms with van der Waals surface area (Å²) in [6, 6.07) is 14.7. The lowest BCUT2D eigenvalue weighted by Gasteiger charge is -2.47. The summed E-state index contributed by atoms with van der Waals surface area (Å²) >= 11 is 0. The Morgan fingerprint density at radius 1 is 1.03 bits per heavy atom. The number of para-hydroxylation sites is 2. The van der Waals surface area contributed by atoms with E-state index in [0.717, 1.165) is 42.9 Å². The normalized spacial score (nSPS) is 25.1. The van der Waals surface area contributed by atoms with Gasteiger partial charge in [-0.2, -0.15) is 0 Å². The van der Waals surface area contributed by atoms with Crippen molar-refractivity contribution in [2.45, 2.75) is 50.1 Å². The van der Waals surface area contributed by atoms with Crippen LogP contribution in [0.4, 0.5) is 15.8 Å². The first-order valence-electron chi connectivity index (χ1n) is 10.9. The minimum absolute atomic E-state index is 0.132. The number of benzene rings is 2. The predicted octanol–water partition coefficient (Wildman–Crippen LogP) is 4.68. The summed E-state index contributed by atoms with van der Waals surface area (Å²) in [6.07, 6.45) is 6.37. The Morgan fingerprint density at radius 3 is 2.57 bits per heavy atom. The molecule has 1 spiro atoms. The van der Waals surface area contributed by atoms with E-state index in [1.165, 1.54) is 18.9 Å². The van der Waals surface area contributed by atoms with Crippen LogP contribution in [0.1, 0.15) is 48.9 Å². The Morgan fingerprint density at radius 2 is 1.77 bits per heavy atom. The summed E-state index contributed by atoms with van der Waals surface area (Å²) in [4.78, 5) is 20.0. The molecule has 0 unspecified atom stereocenters. The number of likely N-dealkylation sites (tertiary alicyclic amines) is 1. The molecule has 1 saturated heterocycles. The van der Waals surface area contributed by atoms with Gasteiger partial charge in [-0.05, 0) is 49.9 Å². The number of amidine groups is 1. The maximum absolute atomic E-state index is 14.3. The fourth-order valence-electron chi connectivity index (χ4n) is 4.97. The van der Waals surface area contributed by atoms with Gasteiger partial charge < -0.3 is 15.5 Å². The van der Waals surface area contributed by atoms with Crippen LogP contribution < -0.4 is 10.6 Å². The van der Waals surface area contributed by atoms with E-state index in [2.05, 4.69) is 10.6 Å². The number of amides is 1. The van der Waals surface area contributed by atoms with Crippen molar-refractivity contribution in [2.75, 3.05) is 23.7 Å². The first-order valence-corrected chi connectivity index (χ1v) is 10.9. The third-order valence-electron chi connectivity index (χ3n) is 6.53. The molecular weight excluding hydrogens is 379 g/mol. The van der Waals surface area contributed by atoms with Crippen molar-refractivity contribution in [3.63, 3.8) is 0 Å². The van der Waals surface area contributed by atoms with Crippen molar-refractivity contribution in [3.8, 4) is 0 Å². The summed E-state index contributed by atoms with van der Waals surface area (Å²) in [7, 11) is 0.